The molecule has 1 heterocycles. The number of benzene rings is 1. The van der Waals surface area contributed by atoms with Crippen LogP contribution in [0.3, 0.4) is 0 Å². The van der Waals surface area contributed by atoms with E-state index in [1.807, 2.05) is 23.9 Å². The highest BCUT2D eigenvalue weighted by Gasteiger charge is 2.37. The second-order valence-electron chi connectivity index (χ2n) is 4.50. The van der Waals surface area contributed by atoms with Crippen LogP contribution in [0, 0.1) is 5.41 Å². The van der Waals surface area contributed by atoms with Crippen LogP contribution in [0.15, 0.2) is 24.3 Å². The maximum absolute atomic E-state index is 9.30. The van der Waals surface area contributed by atoms with Gasteiger partial charge in [0.05, 0.1) is 26.9 Å². The molecule has 1 aliphatic heterocycles. The maximum Gasteiger partial charge on any atom is 0.119 e. The third-order valence-corrected chi connectivity index (χ3v) is 4.32. The first kappa shape index (κ1) is 12.7. The Morgan fingerprint density at radius 1 is 1.47 bits per heavy atom. The van der Waals surface area contributed by atoms with E-state index in [1.165, 1.54) is 5.56 Å². The van der Waals surface area contributed by atoms with Gasteiger partial charge in [-0.15, -0.1) is 0 Å². The molecule has 1 aromatic carbocycles. The van der Waals surface area contributed by atoms with Gasteiger partial charge in [-0.1, -0.05) is 12.1 Å². The smallest absolute Gasteiger partial charge is 0.119 e. The van der Waals surface area contributed by atoms with Crippen molar-refractivity contribution >= 4 is 11.8 Å². The average Bonchev–Trinajstić information content (AvgIpc) is 2.33. The van der Waals surface area contributed by atoms with Crippen molar-refractivity contribution in [2.45, 2.75) is 5.75 Å². The largest absolute Gasteiger partial charge is 0.497 e. The molecule has 1 saturated heterocycles. The molecule has 0 bridgehead atoms. The molecule has 0 aromatic heterocycles. The van der Waals surface area contributed by atoms with Crippen LogP contribution in [0.4, 0.5) is 0 Å². The van der Waals surface area contributed by atoms with Gasteiger partial charge in [-0.3, -0.25) is 0 Å². The van der Waals surface area contributed by atoms with E-state index in [4.69, 9.17) is 9.47 Å². The molecule has 0 saturated carbocycles. The highest BCUT2D eigenvalue weighted by Crippen LogP contribution is 2.32. The van der Waals surface area contributed by atoms with E-state index >= 15 is 0 Å². The summed E-state index contributed by atoms with van der Waals surface area (Å²) >= 11 is 1.84. The Morgan fingerprint density at radius 2 is 2.29 bits per heavy atom. The van der Waals surface area contributed by atoms with E-state index in [9.17, 15) is 5.11 Å². The standard InChI is InChI=1S/C13H18O3S/c1-15-12-4-2-3-11(5-12)6-17-10-13(7-14)8-16-9-13/h2-5,14H,6-10H2,1H3. The second-order valence-corrected chi connectivity index (χ2v) is 5.48. The van der Waals surface area contributed by atoms with Crippen LogP contribution in [-0.2, 0) is 10.5 Å². The molecule has 1 N–H and O–H groups in total. The number of thioether (sulfide) groups is 1. The molecule has 0 spiro atoms. The van der Waals surface area contributed by atoms with E-state index < -0.39 is 0 Å². The fraction of sp³-hybridized carbons (Fsp3) is 0.538. The van der Waals surface area contributed by atoms with Crippen molar-refractivity contribution in [1.29, 1.82) is 0 Å². The molecule has 0 radical (unpaired) electrons. The van der Waals surface area contributed by atoms with Crippen LogP contribution in [0.25, 0.3) is 0 Å². The van der Waals surface area contributed by atoms with Crippen LogP contribution in [-0.4, -0.2) is 37.8 Å². The Labute approximate surface area is 106 Å². The Balaban J connectivity index is 1.81. The van der Waals surface area contributed by atoms with Crippen molar-refractivity contribution in [2.75, 3.05) is 32.7 Å². The summed E-state index contributed by atoms with van der Waals surface area (Å²) in [7, 11) is 1.68. The summed E-state index contributed by atoms with van der Waals surface area (Å²) in [4.78, 5) is 0. The van der Waals surface area contributed by atoms with Crippen LogP contribution < -0.4 is 4.74 Å². The summed E-state index contributed by atoms with van der Waals surface area (Å²) in [5.74, 6) is 2.78. The van der Waals surface area contributed by atoms with E-state index in [-0.39, 0.29) is 12.0 Å². The highest BCUT2D eigenvalue weighted by molar-refractivity contribution is 7.98. The lowest BCUT2D eigenvalue weighted by atomic mass is 9.90. The van der Waals surface area contributed by atoms with Gasteiger partial charge in [0.2, 0.25) is 0 Å². The fourth-order valence-electron chi connectivity index (χ4n) is 1.76. The monoisotopic (exact) mass is 254 g/mol. The summed E-state index contributed by atoms with van der Waals surface area (Å²) in [5.41, 5.74) is 1.26. The minimum Gasteiger partial charge on any atom is -0.497 e. The molecular formula is C13H18O3S. The van der Waals surface area contributed by atoms with Gasteiger partial charge in [0, 0.05) is 16.9 Å². The average molecular weight is 254 g/mol. The third-order valence-electron chi connectivity index (χ3n) is 2.96. The van der Waals surface area contributed by atoms with Gasteiger partial charge in [-0.25, -0.2) is 0 Å². The van der Waals surface area contributed by atoms with Crippen molar-refractivity contribution in [3.63, 3.8) is 0 Å². The lowest BCUT2D eigenvalue weighted by Gasteiger charge is -2.39. The highest BCUT2D eigenvalue weighted by atomic mass is 32.2. The van der Waals surface area contributed by atoms with Crippen LogP contribution in [0.1, 0.15) is 5.56 Å². The number of hydrogen-bond acceptors (Lipinski definition) is 4. The van der Waals surface area contributed by atoms with Crippen molar-refractivity contribution in [3.05, 3.63) is 29.8 Å². The number of ether oxygens (including phenoxy) is 2. The van der Waals surface area contributed by atoms with E-state index in [2.05, 4.69) is 12.1 Å². The summed E-state index contributed by atoms with van der Waals surface area (Å²) < 4.78 is 10.4. The minimum atomic E-state index is 0.00351. The fourth-order valence-corrected chi connectivity index (χ4v) is 2.97. The maximum atomic E-state index is 9.30. The Morgan fingerprint density at radius 3 is 2.88 bits per heavy atom. The zero-order chi connectivity index (χ0) is 12.1. The van der Waals surface area contributed by atoms with Crippen molar-refractivity contribution in [2.24, 2.45) is 5.41 Å². The second kappa shape index (κ2) is 5.76. The van der Waals surface area contributed by atoms with Gasteiger partial charge in [-0.05, 0) is 17.7 Å². The summed E-state index contributed by atoms with van der Waals surface area (Å²) in [6.07, 6.45) is 0. The SMILES string of the molecule is COc1cccc(CSCC2(CO)COC2)c1. The molecule has 3 nitrogen and oxygen atoms in total. The predicted octanol–water partition coefficient (Wildman–Crippen LogP) is 1.94. The Kier molecular flexibility index (Phi) is 4.31. The van der Waals surface area contributed by atoms with Crippen LogP contribution in [0.2, 0.25) is 0 Å². The lowest BCUT2D eigenvalue weighted by Crippen LogP contribution is -2.47. The van der Waals surface area contributed by atoms with E-state index in [0.29, 0.717) is 13.2 Å². The molecule has 0 atom stereocenters. The Hall–Kier alpha value is -0.710. The van der Waals surface area contributed by atoms with E-state index in [1.54, 1.807) is 7.11 Å². The minimum absolute atomic E-state index is 0.00351. The van der Waals surface area contributed by atoms with Crippen LogP contribution in [0.5, 0.6) is 5.75 Å². The molecule has 1 fully saturated rings. The summed E-state index contributed by atoms with van der Waals surface area (Å²) in [5, 5.41) is 9.30. The number of rotatable bonds is 6. The first-order valence-electron chi connectivity index (χ1n) is 5.67. The molecule has 17 heavy (non-hydrogen) atoms. The topological polar surface area (TPSA) is 38.7 Å². The molecule has 0 unspecified atom stereocenters. The van der Waals surface area contributed by atoms with E-state index in [0.717, 1.165) is 17.3 Å². The van der Waals surface area contributed by atoms with Crippen LogP contribution >= 0.6 is 11.8 Å². The molecule has 0 amide bonds. The molecular weight excluding hydrogens is 236 g/mol. The van der Waals surface area contributed by atoms with Gasteiger partial charge < -0.3 is 14.6 Å². The predicted molar refractivity (Wildman–Crippen MR) is 69.5 cm³/mol. The molecule has 1 aromatic rings. The Bertz CT molecular complexity index is 358. The molecule has 0 aliphatic carbocycles. The molecule has 4 heteroatoms. The summed E-state index contributed by atoms with van der Waals surface area (Å²) in [6, 6.07) is 8.10. The quantitative estimate of drug-likeness (QED) is 0.842. The number of methoxy groups -OCH3 is 1. The lowest BCUT2D eigenvalue weighted by molar-refractivity contribution is -0.121. The van der Waals surface area contributed by atoms with Gasteiger partial charge in [0.15, 0.2) is 0 Å². The summed E-state index contributed by atoms with van der Waals surface area (Å²) in [6.45, 7) is 1.60. The number of aliphatic hydroxyl groups excluding tert-OH is 1. The third kappa shape index (κ3) is 3.15. The zero-order valence-electron chi connectivity index (χ0n) is 10.0. The van der Waals surface area contributed by atoms with Crippen molar-refractivity contribution in [1.82, 2.24) is 0 Å². The normalized spacial score (nSPS) is 17.5. The number of hydrogen-bond donors (Lipinski definition) is 1. The van der Waals surface area contributed by atoms with Gasteiger partial charge in [0.25, 0.3) is 0 Å². The molecule has 2 rings (SSSR count). The first-order valence-corrected chi connectivity index (χ1v) is 6.83. The van der Waals surface area contributed by atoms with Gasteiger partial charge in [0.1, 0.15) is 5.75 Å². The van der Waals surface area contributed by atoms with Crippen molar-refractivity contribution in [3.8, 4) is 5.75 Å². The van der Waals surface area contributed by atoms with Crippen molar-refractivity contribution < 1.29 is 14.6 Å². The van der Waals surface area contributed by atoms with Gasteiger partial charge in [-0.2, -0.15) is 11.8 Å². The molecule has 94 valence electrons. The first-order chi connectivity index (χ1) is 8.28. The van der Waals surface area contributed by atoms with Gasteiger partial charge >= 0.3 is 0 Å². The number of aliphatic hydroxyl groups is 1. The zero-order valence-corrected chi connectivity index (χ0v) is 10.8. The molecule has 1 aliphatic rings.